The Balaban J connectivity index is 2.17. The van der Waals surface area contributed by atoms with Crippen LogP contribution in [0.1, 0.15) is 33.3 Å². The number of carbonyl (C=O) groups excluding carboxylic acids is 1. The number of amides is 1. The standard InChI is InChI=1S/C13H23N3O2/c1-10(15-9-11-5-6-14-8-11)7-16-12(17)18-13(2,3)4/h5-6,8,10,14-15H,7,9H2,1-4H3,(H,16,17). The number of rotatable bonds is 5. The molecule has 0 aliphatic heterocycles. The summed E-state index contributed by atoms with van der Waals surface area (Å²) < 4.78 is 5.16. The van der Waals surface area contributed by atoms with E-state index in [1.54, 1.807) is 0 Å². The largest absolute Gasteiger partial charge is 0.444 e. The van der Waals surface area contributed by atoms with Gasteiger partial charge in [0, 0.05) is 31.5 Å². The lowest BCUT2D eigenvalue weighted by Gasteiger charge is -2.21. The molecule has 5 nitrogen and oxygen atoms in total. The van der Waals surface area contributed by atoms with Gasteiger partial charge in [0.1, 0.15) is 5.60 Å². The second kappa shape index (κ2) is 6.44. The van der Waals surface area contributed by atoms with Crippen molar-refractivity contribution < 1.29 is 9.53 Å². The molecule has 3 N–H and O–H groups in total. The van der Waals surface area contributed by atoms with Crippen LogP contribution in [0.2, 0.25) is 0 Å². The van der Waals surface area contributed by atoms with E-state index in [-0.39, 0.29) is 12.1 Å². The fraction of sp³-hybridized carbons (Fsp3) is 0.615. The summed E-state index contributed by atoms with van der Waals surface area (Å²) in [5.74, 6) is 0. The molecule has 1 rings (SSSR count). The summed E-state index contributed by atoms with van der Waals surface area (Å²) in [7, 11) is 0. The summed E-state index contributed by atoms with van der Waals surface area (Å²) in [5.41, 5.74) is 0.741. The van der Waals surface area contributed by atoms with Crippen molar-refractivity contribution in [2.45, 2.75) is 45.9 Å². The van der Waals surface area contributed by atoms with Gasteiger partial charge in [-0.3, -0.25) is 0 Å². The summed E-state index contributed by atoms with van der Waals surface area (Å²) in [4.78, 5) is 14.4. The van der Waals surface area contributed by atoms with Gasteiger partial charge in [-0.2, -0.15) is 0 Å². The highest BCUT2D eigenvalue weighted by Crippen LogP contribution is 2.06. The highest BCUT2D eigenvalue weighted by molar-refractivity contribution is 5.67. The van der Waals surface area contributed by atoms with Gasteiger partial charge >= 0.3 is 6.09 Å². The third-order valence-corrected chi connectivity index (χ3v) is 2.27. The third kappa shape index (κ3) is 6.30. The van der Waals surface area contributed by atoms with E-state index in [9.17, 15) is 4.79 Å². The fourth-order valence-electron chi connectivity index (χ4n) is 1.38. The topological polar surface area (TPSA) is 66.2 Å². The molecule has 0 bridgehead atoms. The number of nitrogens with one attached hydrogen (secondary N) is 3. The molecule has 5 heteroatoms. The first kappa shape index (κ1) is 14.6. The number of aromatic nitrogens is 1. The second-order valence-electron chi connectivity index (χ2n) is 5.38. The fourth-order valence-corrected chi connectivity index (χ4v) is 1.38. The molecule has 18 heavy (non-hydrogen) atoms. The van der Waals surface area contributed by atoms with Crippen LogP contribution in [0.25, 0.3) is 0 Å². The number of aromatic amines is 1. The number of carbonyl (C=O) groups is 1. The highest BCUT2D eigenvalue weighted by Gasteiger charge is 2.16. The Labute approximate surface area is 108 Å². The molecule has 1 aromatic heterocycles. The van der Waals surface area contributed by atoms with E-state index < -0.39 is 5.60 Å². The molecule has 0 aliphatic carbocycles. The Kier molecular flexibility index (Phi) is 5.22. The number of hydrogen-bond donors (Lipinski definition) is 3. The summed E-state index contributed by atoms with van der Waals surface area (Å²) in [6.07, 6.45) is 3.46. The van der Waals surface area contributed by atoms with Crippen molar-refractivity contribution in [1.29, 1.82) is 0 Å². The quantitative estimate of drug-likeness (QED) is 0.752. The molecule has 1 unspecified atom stereocenters. The minimum absolute atomic E-state index is 0.187. The molecule has 0 fully saturated rings. The van der Waals surface area contributed by atoms with Crippen molar-refractivity contribution in [3.05, 3.63) is 24.0 Å². The molecule has 0 aromatic carbocycles. The average Bonchev–Trinajstić information content (AvgIpc) is 2.74. The van der Waals surface area contributed by atoms with Crippen LogP contribution in [-0.2, 0) is 11.3 Å². The van der Waals surface area contributed by atoms with Crippen molar-refractivity contribution >= 4 is 6.09 Å². The Morgan fingerprint density at radius 1 is 1.50 bits per heavy atom. The molecule has 1 atom stereocenters. The van der Waals surface area contributed by atoms with E-state index in [0.29, 0.717) is 6.54 Å². The van der Waals surface area contributed by atoms with E-state index in [4.69, 9.17) is 4.74 Å². The minimum atomic E-state index is -0.453. The maximum Gasteiger partial charge on any atom is 0.407 e. The molecule has 0 saturated carbocycles. The summed E-state index contributed by atoms with van der Waals surface area (Å²) in [6, 6.07) is 2.20. The van der Waals surface area contributed by atoms with E-state index in [2.05, 4.69) is 15.6 Å². The molecule has 0 spiro atoms. The van der Waals surface area contributed by atoms with Crippen molar-refractivity contribution in [3.63, 3.8) is 0 Å². The molecule has 0 saturated heterocycles. The number of alkyl carbamates (subject to hydrolysis) is 1. The molecule has 1 amide bonds. The van der Waals surface area contributed by atoms with E-state index >= 15 is 0 Å². The lowest BCUT2D eigenvalue weighted by atomic mass is 10.2. The van der Waals surface area contributed by atoms with E-state index in [0.717, 1.165) is 6.54 Å². The van der Waals surface area contributed by atoms with Gasteiger partial charge in [-0.05, 0) is 39.3 Å². The van der Waals surface area contributed by atoms with Gasteiger partial charge in [-0.25, -0.2) is 4.79 Å². The lowest BCUT2D eigenvalue weighted by Crippen LogP contribution is -2.40. The molecular weight excluding hydrogens is 230 g/mol. The average molecular weight is 253 g/mol. The zero-order valence-corrected chi connectivity index (χ0v) is 11.5. The van der Waals surface area contributed by atoms with Crippen molar-refractivity contribution in [3.8, 4) is 0 Å². The number of ether oxygens (including phenoxy) is 1. The van der Waals surface area contributed by atoms with Crippen molar-refractivity contribution in [2.24, 2.45) is 0 Å². The Morgan fingerprint density at radius 3 is 2.78 bits per heavy atom. The smallest absolute Gasteiger partial charge is 0.407 e. The van der Waals surface area contributed by atoms with Gasteiger partial charge in [0.05, 0.1) is 0 Å². The van der Waals surface area contributed by atoms with Crippen LogP contribution in [0.4, 0.5) is 4.79 Å². The molecular formula is C13H23N3O2. The summed E-state index contributed by atoms with van der Waals surface area (Å²) >= 11 is 0. The second-order valence-corrected chi connectivity index (χ2v) is 5.38. The maximum absolute atomic E-state index is 11.4. The van der Waals surface area contributed by atoms with Crippen LogP contribution in [0.5, 0.6) is 0 Å². The zero-order valence-electron chi connectivity index (χ0n) is 11.5. The van der Waals surface area contributed by atoms with Gasteiger partial charge in [0.25, 0.3) is 0 Å². The van der Waals surface area contributed by atoms with Crippen LogP contribution in [0, 0.1) is 0 Å². The minimum Gasteiger partial charge on any atom is -0.444 e. The first-order chi connectivity index (χ1) is 8.37. The van der Waals surface area contributed by atoms with Gasteiger partial charge < -0.3 is 20.4 Å². The maximum atomic E-state index is 11.4. The van der Waals surface area contributed by atoms with Crippen molar-refractivity contribution in [2.75, 3.05) is 6.54 Å². The Hall–Kier alpha value is -1.49. The summed E-state index contributed by atoms with van der Waals surface area (Å²) in [5, 5.41) is 6.05. The van der Waals surface area contributed by atoms with Crippen LogP contribution >= 0.6 is 0 Å². The monoisotopic (exact) mass is 253 g/mol. The van der Waals surface area contributed by atoms with Crippen LogP contribution < -0.4 is 10.6 Å². The Bertz CT molecular complexity index is 355. The first-order valence-electron chi connectivity index (χ1n) is 6.19. The lowest BCUT2D eigenvalue weighted by molar-refractivity contribution is 0.0523. The molecule has 1 aromatic rings. The molecule has 0 aliphatic rings. The van der Waals surface area contributed by atoms with Crippen LogP contribution in [0.3, 0.4) is 0 Å². The predicted octanol–water partition coefficient (Wildman–Crippen LogP) is 2.02. The van der Waals surface area contributed by atoms with Gasteiger partial charge in [0.2, 0.25) is 0 Å². The SMILES string of the molecule is CC(CNC(=O)OC(C)(C)C)NCc1cc[nH]c1. The molecule has 102 valence electrons. The number of H-pyrrole nitrogens is 1. The van der Waals surface area contributed by atoms with Gasteiger partial charge in [-0.1, -0.05) is 0 Å². The Morgan fingerprint density at radius 2 is 2.22 bits per heavy atom. The van der Waals surface area contributed by atoms with E-state index in [1.807, 2.05) is 46.2 Å². The predicted molar refractivity (Wildman–Crippen MR) is 71.3 cm³/mol. The molecule has 1 heterocycles. The van der Waals surface area contributed by atoms with Crippen molar-refractivity contribution in [1.82, 2.24) is 15.6 Å². The van der Waals surface area contributed by atoms with Crippen LogP contribution in [0.15, 0.2) is 18.5 Å². The van der Waals surface area contributed by atoms with Gasteiger partial charge in [-0.15, -0.1) is 0 Å². The normalized spacial score (nSPS) is 13.1. The highest BCUT2D eigenvalue weighted by atomic mass is 16.6. The van der Waals surface area contributed by atoms with E-state index in [1.165, 1.54) is 5.56 Å². The third-order valence-electron chi connectivity index (χ3n) is 2.27. The first-order valence-corrected chi connectivity index (χ1v) is 6.19. The number of hydrogen-bond acceptors (Lipinski definition) is 3. The van der Waals surface area contributed by atoms with Gasteiger partial charge in [0.15, 0.2) is 0 Å². The zero-order chi connectivity index (χ0) is 13.6. The van der Waals surface area contributed by atoms with Crippen LogP contribution in [-0.4, -0.2) is 29.3 Å². The molecule has 0 radical (unpaired) electrons. The summed E-state index contributed by atoms with van der Waals surface area (Å²) in [6.45, 7) is 8.88.